The van der Waals surface area contributed by atoms with Gasteiger partial charge >= 0.3 is 6.03 Å². The van der Waals surface area contributed by atoms with E-state index in [1.165, 1.54) is 45.1 Å². The van der Waals surface area contributed by atoms with Crippen molar-refractivity contribution in [1.29, 1.82) is 0 Å². The number of benzene rings is 2. The monoisotopic (exact) mass is 627 g/mol. The van der Waals surface area contributed by atoms with Crippen LogP contribution in [-0.4, -0.2) is 94.9 Å². The highest BCUT2D eigenvalue weighted by molar-refractivity contribution is 5.98. The zero-order valence-corrected chi connectivity index (χ0v) is 25.0. The molecule has 1 unspecified atom stereocenters. The second kappa shape index (κ2) is 12.6. The van der Waals surface area contributed by atoms with Crippen LogP contribution in [0.1, 0.15) is 22.8 Å². The van der Waals surface area contributed by atoms with Gasteiger partial charge in [0.25, 0.3) is 5.91 Å². The number of carbonyl (C=O) groups is 3. The van der Waals surface area contributed by atoms with Crippen molar-refractivity contribution in [2.75, 3.05) is 32.5 Å². The van der Waals surface area contributed by atoms with E-state index in [1.807, 2.05) is 24.3 Å². The molecule has 3 N–H and O–H groups in total. The number of nitrogen functional groups attached to an aromatic ring is 1. The predicted molar refractivity (Wildman–Crippen MR) is 163 cm³/mol. The van der Waals surface area contributed by atoms with Crippen molar-refractivity contribution >= 4 is 34.7 Å². The Morgan fingerprint density at radius 3 is 2.61 bits per heavy atom. The maximum atomic E-state index is 13.7. The summed E-state index contributed by atoms with van der Waals surface area (Å²) in [4.78, 5) is 54.1. The first kappa shape index (κ1) is 30.1. The van der Waals surface area contributed by atoms with E-state index < -0.39 is 17.8 Å². The summed E-state index contributed by atoms with van der Waals surface area (Å²) in [5.74, 6) is -0.612. The fourth-order valence-corrected chi connectivity index (χ4v) is 5.46. The maximum Gasteiger partial charge on any atom is 0.346 e. The second-order valence-electron chi connectivity index (χ2n) is 10.6. The number of ether oxygens (including phenoxy) is 1. The molecule has 0 aliphatic carbocycles. The average molecular weight is 628 g/mol. The van der Waals surface area contributed by atoms with Crippen LogP contribution in [0.15, 0.2) is 61.4 Å². The highest BCUT2D eigenvalue weighted by Gasteiger charge is 2.34. The maximum absolute atomic E-state index is 13.7. The Hall–Kier alpha value is -5.93. The third-order valence-corrected chi connectivity index (χ3v) is 7.82. The summed E-state index contributed by atoms with van der Waals surface area (Å²) < 4.78 is 21.8. The molecule has 3 aromatic heterocycles. The Morgan fingerprint density at radius 1 is 1.09 bits per heavy atom. The van der Waals surface area contributed by atoms with Gasteiger partial charge in [0.1, 0.15) is 42.1 Å². The van der Waals surface area contributed by atoms with Gasteiger partial charge in [-0.25, -0.2) is 28.8 Å². The van der Waals surface area contributed by atoms with Crippen LogP contribution in [0.3, 0.4) is 0 Å². The van der Waals surface area contributed by atoms with Crippen molar-refractivity contribution in [2.24, 2.45) is 0 Å². The van der Waals surface area contributed by atoms with Gasteiger partial charge in [0, 0.05) is 38.7 Å². The van der Waals surface area contributed by atoms with Crippen molar-refractivity contribution < 1.29 is 23.5 Å². The summed E-state index contributed by atoms with van der Waals surface area (Å²) >= 11 is 0. The van der Waals surface area contributed by atoms with E-state index in [9.17, 15) is 18.8 Å². The molecule has 5 aromatic rings. The number of fused-ring (bicyclic) bond motifs is 1. The molecular weight excluding hydrogens is 597 g/mol. The minimum atomic E-state index is -0.542. The molecule has 0 bridgehead atoms. The molecule has 0 radical (unpaired) electrons. The third kappa shape index (κ3) is 5.91. The molecule has 15 nitrogen and oxygen atoms in total. The minimum absolute atomic E-state index is 0.0950. The zero-order valence-electron chi connectivity index (χ0n) is 25.0. The standard InChI is InChI=1S/C30H30FN11O4/c1-18(43)39-9-10-40(30(45)42-17-33-15-37-42)22(13-39)14-41-28-25(27(32)35-16-36-28)26(38-41)20-5-3-19(4-6-20)12-34-29(44)23-11-21(31)7-8-24(23)46-2/h3-8,11,15-17,22H,9-10,12-14H2,1-2H3,(H,34,44)(H2,32,35,36). The topological polar surface area (TPSA) is 179 Å². The lowest BCUT2D eigenvalue weighted by molar-refractivity contribution is -0.131. The summed E-state index contributed by atoms with van der Waals surface area (Å²) in [6.07, 6.45) is 3.96. The number of halogens is 1. The average Bonchev–Trinajstić information content (AvgIpc) is 3.73. The molecule has 0 saturated carbocycles. The Bertz CT molecular complexity index is 1910. The van der Waals surface area contributed by atoms with Crippen molar-refractivity contribution in [2.45, 2.75) is 26.1 Å². The van der Waals surface area contributed by atoms with Crippen molar-refractivity contribution in [3.05, 3.63) is 78.4 Å². The number of carbonyl (C=O) groups excluding carboxylic acids is 3. The number of hydrogen-bond acceptors (Lipinski definition) is 10. The van der Waals surface area contributed by atoms with Crippen LogP contribution >= 0.6 is 0 Å². The lowest BCUT2D eigenvalue weighted by Crippen LogP contribution is -2.58. The van der Waals surface area contributed by atoms with E-state index >= 15 is 0 Å². The molecule has 1 saturated heterocycles. The zero-order chi connectivity index (χ0) is 32.4. The van der Waals surface area contributed by atoms with Crippen LogP contribution in [-0.2, 0) is 17.9 Å². The SMILES string of the molecule is COc1ccc(F)cc1C(=O)NCc1ccc(-c2nn(CC3CN(C(C)=O)CCN3C(=O)n3cncn3)c3ncnc(N)c23)cc1. The van der Waals surface area contributed by atoms with Crippen LogP contribution in [0.25, 0.3) is 22.3 Å². The lowest BCUT2D eigenvalue weighted by atomic mass is 10.1. The molecule has 16 heteroatoms. The number of hydrogen-bond donors (Lipinski definition) is 2. The number of rotatable bonds is 7. The summed E-state index contributed by atoms with van der Waals surface area (Å²) in [7, 11) is 1.41. The molecular formula is C30H30FN11O4. The van der Waals surface area contributed by atoms with Gasteiger partial charge in [-0.15, -0.1) is 0 Å². The highest BCUT2D eigenvalue weighted by atomic mass is 19.1. The molecule has 1 fully saturated rings. The summed E-state index contributed by atoms with van der Waals surface area (Å²) in [5.41, 5.74) is 8.92. The summed E-state index contributed by atoms with van der Waals surface area (Å²) in [6, 6.07) is 10.3. The molecule has 1 aliphatic heterocycles. The van der Waals surface area contributed by atoms with Gasteiger partial charge in [0.2, 0.25) is 5.91 Å². The number of methoxy groups -OCH3 is 1. The van der Waals surface area contributed by atoms with E-state index in [2.05, 4.69) is 25.4 Å². The first-order chi connectivity index (χ1) is 22.2. The van der Waals surface area contributed by atoms with E-state index in [4.69, 9.17) is 15.6 Å². The van der Waals surface area contributed by atoms with Gasteiger partial charge in [0.15, 0.2) is 5.65 Å². The molecule has 236 valence electrons. The van der Waals surface area contributed by atoms with Gasteiger partial charge in [-0.1, -0.05) is 24.3 Å². The molecule has 3 amide bonds. The Balaban J connectivity index is 1.26. The van der Waals surface area contributed by atoms with Gasteiger partial charge in [-0.05, 0) is 23.8 Å². The number of nitrogens with two attached hydrogens (primary N) is 1. The summed E-state index contributed by atoms with van der Waals surface area (Å²) in [5, 5.41) is 12.2. The molecule has 0 spiro atoms. The fourth-order valence-electron chi connectivity index (χ4n) is 5.46. The molecule has 4 heterocycles. The predicted octanol–water partition coefficient (Wildman–Crippen LogP) is 1.95. The quantitative estimate of drug-likeness (QED) is 0.271. The van der Waals surface area contributed by atoms with Gasteiger partial charge in [-0.3, -0.25) is 9.59 Å². The molecule has 1 atom stereocenters. The minimum Gasteiger partial charge on any atom is -0.496 e. The largest absolute Gasteiger partial charge is 0.496 e. The van der Waals surface area contributed by atoms with E-state index in [-0.39, 0.29) is 48.7 Å². The summed E-state index contributed by atoms with van der Waals surface area (Å²) in [6.45, 7) is 2.86. The van der Waals surface area contributed by atoms with Crippen molar-refractivity contribution in [3.8, 4) is 17.0 Å². The number of amides is 3. The van der Waals surface area contributed by atoms with Gasteiger partial charge in [-0.2, -0.15) is 14.9 Å². The van der Waals surface area contributed by atoms with Gasteiger partial charge in [0.05, 0.1) is 30.6 Å². The van der Waals surface area contributed by atoms with Crippen molar-refractivity contribution in [1.82, 2.24) is 49.6 Å². The second-order valence-corrected chi connectivity index (χ2v) is 10.6. The molecule has 46 heavy (non-hydrogen) atoms. The number of piperazine rings is 1. The molecule has 2 aromatic carbocycles. The Morgan fingerprint density at radius 2 is 1.89 bits per heavy atom. The first-order valence-electron chi connectivity index (χ1n) is 14.3. The van der Waals surface area contributed by atoms with Crippen LogP contribution in [0.4, 0.5) is 15.0 Å². The van der Waals surface area contributed by atoms with Crippen LogP contribution in [0, 0.1) is 5.82 Å². The number of anilines is 1. The first-order valence-corrected chi connectivity index (χ1v) is 14.3. The third-order valence-electron chi connectivity index (χ3n) is 7.82. The van der Waals surface area contributed by atoms with Crippen LogP contribution in [0.5, 0.6) is 5.75 Å². The fraction of sp³-hybridized carbons (Fsp3) is 0.267. The smallest absolute Gasteiger partial charge is 0.346 e. The Kier molecular flexibility index (Phi) is 8.24. The van der Waals surface area contributed by atoms with E-state index in [1.54, 1.807) is 14.5 Å². The Labute approximate surface area is 261 Å². The van der Waals surface area contributed by atoms with E-state index in [0.29, 0.717) is 29.8 Å². The number of nitrogens with one attached hydrogen (secondary N) is 1. The van der Waals surface area contributed by atoms with Gasteiger partial charge < -0.3 is 25.6 Å². The highest BCUT2D eigenvalue weighted by Crippen LogP contribution is 2.31. The molecule has 6 rings (SSSR count). The normalized spacial score (nSPS) is 14.8. The lowest BCUT2D eigenvalue weighted by Gasteiger charge is -2.40. The number of nitrogens with zero attached hydrogens (tertiary/aromatic N) is 9. The van der Waals surface area contributed by atoms with E-state index in [0.717, 1.165) is 21.9 Å². The number of aromatic nitrogens is 7. The van der Waals surface area contributed by atoms with Crippen LogP contribution in [0.2, 0.25) is 0 Å². The van der Waals surface area contributed by atoms with Crippen molar-refractivity contribution in [3.63, 3.8) is 0 Å². The van der Waals surface area contributed by atoms with Crippen LogP contribution < -0.4 is 15.8 Å². The molecule has 1 aliphatic rings.